The van der Waals surface area contributed by atoms with Crippen molar-refractivity contribution in [3.05, 3.63) is 107 Å². The second-order valence-electron chi connectivity index (χ2n) is 14.0. The molecule has 10 nitrogen and oxygen atoms in total. The quantitative estimate of drug-likeness (QED) is 0.146. The summed E-state index contributed by atoms with van der Waals surface area (Å²) in [6, 6.07) is 14.6. The van der Waals surface area contributed by atoms with Crippen LogP contribution in [0.4, 0.5) is 26.3 Å². The molecule has 0 bridgehead atoms. The van der Waals surface area contributed by atoms with Crippen LogP contribution in [0.2, 0.25) is 0 Å². The fraction of sp³-hybridized carbons (Fsp3) is 0.243. The SMILES string of the molecule is CCC12C(=C3C(=C4c5ccc(-c6ccc(S(=O)(=O)O)cc6)cc5S(=O)(=O)C41CC)C(F)(F)C(F)(F)C3(F)F)c1ccc(-c3ccc(S(=O)(=O)O)cc3)cc1S2(=O)=O. The van der Waals surface area contributed by atoms with Crippen LogP contribution in [0.25, 0.3) is 33.4 Å². The van der Waals surface area contributed by atoms with Crippen LogP contribution in [0, 0.1) is 0 Å². The first-order valence-electron chi connectivity index (χ1n) is 16.8. The summed E-state index contributed by atoms with van der Waals surface area (Å²) in [5.41, 5.74) is -7.59. The maximum Gasteiger partial charge on any atom is 0.380 e. The number of alkyl halides is 6. The molecule has 0 saturated heterocycles. The van der Waals surface area contributed by atoms with E-state index < -0.39 is 133 Å². The number of rotatable bonds is 6. The normalized spacial score (nSPS) is 25.7. The van der Waals surface area contributed by atoms with E-state index in [1.54, 1.807) is 0 Å². The first-order chi connectivity index (χ1) is 26.2. The molecule has 300 valence electrons. The molecule has 0 aromatic heterocycles. The minimum atomic E-state index is -6.17. The molecule has 2 aliphatic carbocycles. The minimum absolute atomic E-state index is 0.00951. The monoisotopic (exact) mass is 872 g/mol. The van der Waals surface area contributed by atoms with E-state index in [0.29, 0.717) is 0 Å². The van der Waals surface area contributed by atoms with Gasteiger partial charge in [0.1, 0.15) is 9.49 Å². The highest BCUT2D eigenvalue weighted by molar-refractivity contribution is 7.98. The van der Waals surface area contributed by atoms with Crippen molar-refractivity contribution in [1.29, 1.82) is 0 Å². The molecule has 1 saturated carbocycles. The van der Waals surface area contributed by atoms with Crippen LogP contribution in [0.15, 0.2) is 116 Å². The summed E-state index contributed by atoms with van der Waals surface area (Å²) in [6.07, 6.45) is -1.76. The van der Waals surface area contributed by atoms with E-state index in [1.165, 1.54) is 24.3 Å². The van der Waals surface area contributed by atoms with Gasteiger partial charge in [-0.1, -0.05) is 62.4 Å². The zero-order valence-electron chi connectivity index (χ0n) is 29.1. The Morgan fingerprint density at radius 1 is 0.491 bits per heavy atom. The number of hydrogen-bond donors (Lipinski definition) is 2. The highest BCUT2D eigenvalue weighted by Gasteiger charge is 2.88. The summed E-state index contributed by atoms with van der Waals surface area (Å²) >= 11 is 0. The second kappa shape index (κ2) is 11.4. The molecule has 2 aliphatic heterocycles. The third kappa shape index (κ3) is 4.48. The molecule has 20 heteroatoms. The fourth-order valence-corrected chi connectivity index (χ4v) is 16.1. The van der Waals surface area contributed by atoms with Gasteiger partial charge in [-0.05, 0) is 93.8 Å². The van der Waals surface area contributed by atoms with Crippen LogP contribution in [0.1, 0.15) is 37.8 Å². The molecule has 2 heterocycles. The Balaban J connectivity index is 1.48. The third-order valence-electron chi connectivity index (χ3n) is 11.6. The predicted octanol–water partition coefficient (Wildman–Crippen LogP) is 7.53. The zero-order chi connectivity index (χ0) is 41.9. The zero-order valence-corrected chi connectivity index (χ0v) is 32.3. The van der Waals surface area contributed by atoms with Crippen LogP contribution in [-0.4, -0.2) is 70.0 Å². The van der Waals surface area contributed by atoms with Gasteiger partial charge < -0.3 is 0 Å². The molecule has 57 heavy (non-hydrogen) atoms. The van der Waals surface area contributed by atoms with Gasteiger partial charge in [-0.3, -0.25) is 9.11 Å². The molecule has 0 amide bonds. The van der Waals surface area contributed by atoms with Crippen molar-refractivity contribution >= 4 is 51.1 Å². The summed E-state index contributed by atoms with van der Waals surface area (Å²) in [5, 5.41) is 0. The molecule has 0 radical (unpaired) electrons. The maximum atomic E-state index is 16.4. The van der Waals surface area contributed by atoms with Crippen LogP contribution >= 0.6 is 0 Å². The molecule has 4 aromatic carbocycles. The van der Waals surface area contributed by atoms with Gasteiger partial charge in [0, 0.05) is 11.1 Å². The molecule has 2 unspecified atom stereocenters. The lowest BCUT2D eigenvalue weighted by molar-refractivity contribution is -0.257. The van der Waals surface area contributed by atoms with E-state index in [-0.39, 0.29) is 22.3 Å². The van der Waals surface area contributed by atoms with Crippen molar-refractivity contribution < 1.29 is 69.1 Å². The van der Waals surface area contributed by atoms with Gasteiger partial charge in [-0.2, -0.15) is 43.2 Å². The summed E-state index contributed by atoms with van der Waals surface area (Å²) in [5.74, 6) is -17.6. The summed E-state index contributed by atoms with van der Waals surface area (Å²) in [6.45, 7) is 2.26. The van der Waals surface area contributed by atoms with Crippen molar-refractivity contribution in [3.8, 4) is 22.3 Å². The number of allylic oxidation sites excluding steroid dienone is 2. The van der Waals surface area contributed by atoms with E-state index in [4.69, 9.17) is 0 Å². The lowest BCUT2D eigenvalue weighted by Gasteiger charge is -2.49. The highest BCUT2D eigenvalue weighted by Crippen LogP contribution is 2.77. The Morgan fingerprint density at radius 3 is 1.07 bits per heavy atom. The van der Waals surface area contributed by atoms with Crippen molar-refractivity contribution in [2.75, 3.05) is 0 Å². The summed E-state index contributed by atoms with van der Waals surface area (Å²) in [4.78, 5) is -2.71. The lowest BCUT2D eigenvalue weighted by atomic mass is 9.65. The Labute approximate surface area is 321 Å². The van der Waals surface area contributed by atoms with Gasteiger partial charge in [0.15, 0.2) is 19.7 Å². The van der Waals surface area contributed by atoms with Crippen molar-refractivity contribution in [1.82, 2.24) is 0 Å². The number of fused-ring (bicyclic) bond motifs is 8. The Hall–Kier alpha value is -4.34. The first-order valence-corrected chi connectivity index (χ1v) is 22.6. The molecule has 1 fully saturated rings. The lowest BCUT2D eigenvalue weighted by Crippen LogP contribution is -2.62. The molecule has 8 rings (SSSR count). The standard InChI is InChI=1S/C37H26F6O10S4/c1-3-33-29(25-15-9-21(17-27(25)54(33,44)45)19-5-11-23(12-6-19)56(48,49)50)31-32(36(40,41)37(42,43)35(31,38)39)30-26-16-10-22(18-28(26)55(46,47)34(30,33)4-2)20-7-13-24(14-8-20)57(51,52)53/h5-18H,3-4H2,1-2H3,(H,48,49,50)(H,51,52,53). The van der Waals surface area contributed by atoms with Crippen LogP contribution < -0.4 is 0 Å². The van der Waals surface area contributed by atoms with E-state index in [2.05, 4.69) is 0 Å². The molecule has 4 aromatic rings. The average Bonchev–Trinajstić information content (AvgIpc) is 3.52. The Morgan fingerprint density at radius 2 is 0.789 bits per heavy atom. The van der Waals surface area contributed by atoms with Gasteiger partial charge in [-0.25, -0.2) is 16.8 Å². The third-order valence-corrected chi connectivity index (χ3v) is 18.8. The Bertz CT molecular complexity index is 2830. The summed E-state index contributed by atoms with van der Waals surface area (Å²) in [7, 11) is -20.0. The van der Waals surface area contributed by atoms with Crippen LogP contribution in [-0.2, 0) is 39.9 Å². The van der Waals surface area contributed by atoms with E-state index in [0.717, 1.165) is 74.5 Å². The van der Waals surface area contributed by atoms with Crippen molar-refractivity contribution in [3.63, 3.8) is 0 Å². The van der Waals surface area contributed by atoms with E-state index in [1.807, 2.05) is 0 Å². The van der Waals surface area contributed by atoms with Gasteiger partial charge in [0.25, 0.3) is 20.2 Å². The Kier molecular flexibility index (Phi) is 7.92. The largest absolute Gasteiger partial charge is 0.380 e. The van der Waals surface area contributed by atoms with Crippen molar-refractivity contribution in [2.24, 2.45) is 0 Å². The second-order valence-corrected chi connectivity index (χ2v) is 21.1. The van der Waals surface area contributed by atoms with Gasteiger partial charge in [-0.15, -0.1) is 0 Å². The predicted molar refractivity (Wildman–Crippen MR) is 192 cm³/mol. The summed E-state index contributed by atoms with van der Waals surface area (Å²) < 4.78 is 217. The van der Waals surface area contributed by atoms with Gasteiger partial charge in [0.05, 0.1) is 19.6 Å². The van der Waals surface area contributed by atoms with Crippen LogP contribution in [0.5, 0.6) is 0 Å². The van der Waals surface area contributed by atoms with Crippen molar-refractivity contribution in [2.45, 2.75) is 73.5 Å². The molecule has 0 spiro atoms. The molecule has 2 atom stereocenters. The van der Waals surface area contributed by atoms with E-state index >= 15 is 43.2 Å². The number of hydrogen-bond acceptors (Lipinski definition) is 8. The van der Waals surface area contributed by atoms with Crippen LogP contribution in [0.3, 0.4) is 0 Å². The van der Waals surface area contributed by atoms with E-state index in [9.17, 15) is 25.9 Å². The number of benzene rings is 4. The number of halogens is 6. The molecule has 4 aliphatic rings. The topological polar surface area (TPSA) is 177 Å². The minimum Gasteiger partial charge on any atom is -0.282 e. The molecular formula is C37H26F6O10S4. The molecular weight excluding hydrogens is 847 g/mol. The van der Waals surface area contributed by atoms with Gasteiger partial charge >= 0.3 is 17.8 Å². The maximum absolute atomic E-state index is 16.4. The first kappa shape index (κ1) is 39.5. The smallest absolute Gasteiger partial charge is 0.282 e. The average molecular weight is 873 g/mol. The molecule has 2 N–H and O–H groups in total. The van der Waals surface area contributed by atoms with Gasteiger partial charge in [0.2, 0.25) is 0 Å². The number of sulfone groups is 2. The fourth-order valence-electron chi connectivity index (χ4n) is 9.18. The highest BCUT2D eigenvalue weighted by atomic mass is 32.2.